The summed E-state index contributed by atoms with van der Waals surface area (Å²) in [6, 6.07) is 22.1. The molecule has 0 saturated heterocycles. The highest BCUT2D eigenvalue weighted by Gasteiger charge is 2.10. The van der Waals surface area contributed by atoms with E-state index in [0.29, 0.717) is 5.56 Å². The van der Waals surface area contributed by atoms with Crippen LogP contribution < -0.4 is 0 Å². The van der Waals surface area contributed by atoms with Crippen molar-refractivity contribution in [2.24, 2.45) is 0 Å². The number of nitrogens with zero attached hydrogens (tertiary/aromatic N) is 2. The quantitative estimate of drug-likeness (QED) is 0.686. The zero-order chi connectivity index (χ0) is 13.8. The minimum Gasteiger partial charge on any atom is -0.265 e. The molecule has 3 aromatic rings. The molecule has 0 aliphatic carbocycles. The first-order chi connectivity index (χ1) is 9.90. The lowest BCUT2D eigenvalue weighted by Gasteiger charge is -2.09. The zero-order valence-corrected chi connectivity index (χ0v) is 10.8. The third-order valence-corrected chi connectivity index (χ3v) is 3.25. The molecule has 0 fully saturated rings. The second kappa shape index (κ2) is 5.38. The van der Waals surface area contributed by atoms with Gasteiger partial charge in [0.25, 0.3) is 0 Å². The van der Waals surface area contributed by atoms with Gasteiger partial charge in [-0.05, 0) is 23.3 Å². The Morgan fingerprint density at radius 1 is 0.700 bits per heavy atom. The largest absolute Gasteiger partial charge is 0.265 e. The van der Waals surface area contributed by atoms with E-state index in [-0.39, 0.29) is 0 Å². The molecule has 94 valence electrons. The Morgan fingerprint density at radius 2 is 1.30 bits per heavy atom. The van der Waals surface area contributed by atoms with E-state index in [1.165, 1.54) is 0 Å². The minimum absolute atomic E-state index is 0.699. The number of benzene rings is 2. The lowest BCUT2D eigenvalue weighted by Crippen LogP contribution is -1.89. The normalized spacial score (nSPS) is 9.95. The van der Waals surface area contributed by atoms with Crippen LogP contribution in [0.5, 0.6) is 0 Å². The summed E-state index contributed by atoms with van der Waals surface area (Å²) < 4.78 is 0. The molecule has 0 aliphatic heterocycles. The molecule has 0 amide bonds. The number of aromatic nitrogens is 1. The molecule has 2 aromatic carbocycles. The third kappa shape index (κ3) is 2.17. The lowest BCUT2D eigenvalue weighted by atomic mass is 9.93. The first-order valence-electron chi connectivity index (χ1n) is 6.39. The Labute approximate surface area is 118 Å². The number of rotatable bonds is 2. The monoisotopic (exact) mass is 256 g/mol. The molecular weight excluding hydrogens is 244 g/mol. The molecule has 20 heavy (non-hydrogen) atoms. The van der Waals surface area contributed by atoms with Crippen molar-refractivity contribution in [2.75, 3.05) is 0 Å². The van der Waals surface area contributed by atoms with Crippen molar-refractivity contribution in [3.63, 3.8) is 0 Å². The van der Waals surface area contributed by atoms with Crippen molar-refractivity contribution < 1.29 is 0 Å². The maximum Gasteiger partial charge on any atom is 0.100 e. The van der Waals surface area contributed by atoms with Crippen LogP contribution in [0.3, 0.4) is 0 Å². The lowest BCUT2D eigenvalue weighted by molar-refractivity contribution is 1.33. The van der Waals surface area contributed by atoms with Crippen LogP contribution in [-0.2, 0) is 0 Å². The van der Waals surface area contributed by atoms with Gasteiger partial charge in [-0.25, -0.2) is 0 Å². The van der Waals surface area contributed by atoms with Crippen molar-refractivity contribution in [2.45, 2.75) is 0 Å². The van der Waals surface area contributed by atoms with Gasteiger partial charge in [0.2, 0.25) is 0 Å². The molecule has 0 radical (unpaired) electrons. The van der Waals surface area contributed by atoms with Crippen LogP contribution in [0, 0.1) is 11.3 Å². The van der Waals surface area contributed by atoms with Crippen LogP contribution in [0.15, 0.2) is 73.1 Å². The molecule has 0 atom stereocenters. The minimum atomic E-state index is 0.699. The van der Waals surface area contributed by atoms with Crippen LogP contribution in [0.2, 0.25) is 0 Å². The number of nitriles is 1. The van der Waals surface area contributed by atoms with Crippen LogP contribution in [0.4, 0.5) is 0 Å². The average Bonchev–Trinajstić information content (AvgIpc) is 2.55. The van der Waals surface area contributed by atoms with Gasteiger partial charge >= 0.3 is 0 Å². The predicted molar refractivity (Wildman–Crippen MR) is 79.8 cm³/mol. The van der Waals surface area contributed by atoms with Gasteiger partial charge in [0.05, 0.1) is 5.56 Å². The van der Waals surface area contributed by atoms with E-state index in [4.69, 9.17) is 0 Å². The van der Waals surface area contributed by atoms with E-state index in [9.17, 15) is 5.26 Å². The Morgan fingerprint density at radius 3 is 1.90 bits per heavy atom. The van der Waals surface area contributed by atoms with E-state index in [1.807, 2.05) is 60.7 Å². The molecule has 0 aliphatic rings. The van der Waals surface area contributed by atoms with Gasteiger partial charge in [0.1, 0.15) is 6.07 Å². The van der Waals surface area contributed by atoms with E-state index in [1.54, 1.807) is 12.4 Å². The molecule has 0 bridgehead atoms. The maximum atomic E-state index is 9.56. The molecule has 1 heterocycles. The summed E-state index contributed by atoms with van der Waals surface area (Å²) >= 11 is 0. The topological polar surface area (TPSA) is 36.7 Å². The fourth-order valence-corrected chi connectivity index (χ4v) is 2.30. The number of hydrogen-bond acceptors (Lipinski definition) is 2. The summed E-state index contributed by atoms with van der Waals surface area (Å²) in [6.45, 7) is 0. The molecule has 2 heteroatoms. The van der Waals surface area contributed by atoms with Crippen molar-refractivity contribution in [1.82, 2.24) is 4.98 Å². The summed E-state index contributed by atoms with van der Waals surface area (Å²) in [6.07, 6.45) is 3.48. The fraction of sp³-hybridized carbons (Fsp3) is 0. The summed E-state index contributed by atoms with van der Waals surface area (Å²) in [5.41, 5.74) is 4.66. The van der Waals surface area contributed by atoms with Crippen molar-refractivity contribution in [3.8, 4) is 28.3 Å². The summed E-state index contributed by atoms with van der Waals surface area (Å²) in [7, 11) is 0. The predicted octanol–water partition coefficient (Wildman–Crippen LogP) is 4.29. The van der Waals surface area contributed by atoms with E-state index >= 15 is 0 Å². The molecule has 2 nitrogen and oxygen atoms in total. The number of hydrogen-bond donors (Lipinski definition) is 0. The van der Waals surface area contributed by atoms with Crippen molar-refractivity contribution in [3.05, 3.63) is 78.6 Å². The summed E-state index contributed by atoms with van der Waals surface area (Å²) in [5, 5.41) is 9.56. The molecule has 0 saturated carbocycles. The highest BCUT2D eigenvalue weighted by Crippen LogP contribution is 2.31. The Kier molecular flexibility index (Phi) is 3.26. The van der Waals surface area contributed by atoms with Crippen LogP contribution in [0.25, 0.3) is 22.3 Å². The van der Waals surface area contributed by atoms with Gasteiger partial charge in [-0.15, -0.1) is 0 Å². The van der Waals surface area contributed by atoms with Gasteiger partial charge in [-0.3, -0.25) is 4.98 Å². The molecule has 0 N–H and O–H groups in total. The maximum absolute atomic E-state index is 9.56. The van der Waals surface area contributed by atoms with Gasteiger partial charge in [0, 0.05) is 23.5 Å². The van der Waals surface area contributed by atoms with Gasteiger partial charge < -0.3 is 0 Å². The Balaban J connectivity index is 2.22. The third-order valence-electron chi connectivity index (χ3n) is 3.25. The first kappa shape index (κ1) is 12.1. The molecule has 1 aromatic heterocycles. The van der Waals surface area contributed by atoms with Crippen LogP contribution >= 0.6 is 0 Å². The van der Waals surface area contributed by atoms with Gasteiger partial charge in [0.15, 0.2) is 0 Å². The van der Waals surface area contributed by atoms with Crippen LogP contribution in [0.1, 0.15) is 5.56 Å². The van der Waals surface area contributed by atoms with Crippen LogP contribution in [-0.4, -0.2) is 4.98 Å². The van der Waals surface area contributed by atoms with Gasteiger partial charge in [-0.1, -0.05) is 48.5 Å². The fourth-order valence-electron chi connectivity index (χ4n) is 2.30. The average molecular weight is 256 g/mol. The molecule has 0 spiro atoms. The Bertz CT molecular complexity index is 699. The number of pyridine rings is 1. The first-order valence-corrected chi connectivity index (χ1v) is 6.39. The SMILES string of the molecule is N#Cc1c(-c2ccccc2)cccc1-c1ccncc1. The van der Waals surface area contributed by atoms with Gasteiger partial charge in [-0.2, -0.15) is 5.26 Å². The summed E-state index contributed by atoms with van der Waals surface area (Å²) in [5.74, 6) is 0. The zero-order valence-electron chi connectivity index (χ0n) is 10.8. The van der Waals surface area contributed by atoms with E-state index < -0.39 is 0 Å². The van der Waals surface area contributed by atoms with Crippen molar-refractivity contribution >= 4 is 0 Å². The molecule has 0 unspecified atom stereocenters. The standard InChI is InChI=1S/C18H12N2/c19-13-18-16(14-5-2-1-3-6-14)7-4-8-17(18)15-9-11-20-12-10-15/h1-12H. The smallest absolute Gasteiger partial charge is 0.100 e. The van der Waals surface area contributed by atoms with E-state index in [2.05, 4.69) is 11.1 Å². The second-order valence-corrected chi connectivity index (χ2v) is 4.44. The van der Waals surface area contributed by atoms with E-state index in [0.717, 1.165) is 22.3 Å². The molecular formula is C18H12N2. The highest BCUT2D eigenvalue weighted by atomic mass is 14.6. The summed E-state index contributed by atoms with van der Waals surface area (Å²) in [4.78, 5) is 4.02. The second-order valence-electron chi connectivity index (χ2n) is 4.44. The Hall–Kier alpha value is -2.92. The van der Waals surface area contributed by atoms with Crippen molar-refractivity contribution in [1.29, 1.82) is 5.26 Å². The molecule has 3 rings (SSSR count). The highest BCUT2D eigenvalue weighted by molar-refractivity contribution is 5.81.